The lowest BCUT2D eigenvalue weighted by atomic mass is 9.75. The van der Waals surface area contributed by atoms with Crippen molar-refractivity contribution in [1.29, 1.82) is 0 Å². The van der Waals surface area contributed by atoms with Gasteiger partial charge < -0.3 is 10.4 Å². The first kappa shape index (κ1) is 16.7. The molecule has 0 bridgehead atoms. The van der Waals surface area contributed by atoms with Gasteiger partial charge in [0, 0.05) is 24.2 Å². The molecule has 0 unspecified atom stereocenters. The molecule has 1 fully saturated rings. The largest absolute Gasteiger partial charge is 0.393 e. The van der Waals surface area contributed by atoms with Gasteiger partial charge in [0.15, 0.2) is 0 Å². The van der Waals surface area contributed by atoms with Gasteiger partial charge in [-0.05, 0) is 30.9 Å². The van der Waals surface area contributed by atoms with E-state index in [1.165, 1.54) is 6.07 Å². The number of nitrogens with one attached hydrogen (secondary N) is 1. The minimum Gasteiger partial charge on any atom is -0.393 e. The summed E-state index contributed by atoms with van der Waals surface area (Å²) < 4.78 is 15.6. The zero-order chi connectivity index (χ0) is 18.3. The second kappa shape index (κ2) is 6.49. The van der Waals surface area contributed by atoms with E-state index in [1.54, 1.807) is 35.1 Å². The Kier molecular flexibility index (Phi) is 4.16. The SMILES string of the molecule is Cn1cc([C@H](NC(=O)c2ccc3cccc(F)c3n2)C2CC(O)C2)cn1. The molecular formula is C19H19FN4O2. The predicted octanol–water partition coefficient (Wildman–Crippen LogP) is 2.35. The summed E-state index contributed by atoms with van der Waals surface area (Å²) in [4.78, 5) is 16.9. The molecule has 0 radical (unpaired) electrons. The van der Waals surface area contributed by atoms with Crippen LogP contribution in [0.1, 0.15) is 34.9 Å². The third kappa shape index (κ3) is 3.06. The van der Waals surface area contributed by atoms with Crippen LogP contribution in [0.15, 0.2) is 42.7 Å². The molecule has 26 heavy (non-hydrogen) atoms. The number of carbonyl (C=O) groups is 1. The van der Waals surface area contributed by atoms with Crippen LogP contribution in [0.3, 0.4) is 0 Å². The zero-order valence-electron chi connectivity index (χ0n) is 14.3. The molecule has 134 valence electrons. The van der Waals surface area contributed by atoms with Crippen molar-refractivity contribution in [3.05, 3.63) is 59.8 Å². The average molecular weight is 354 g/mol. The van der Waals surface area contributed by atoms with Crippen LogP contribution in [0.2, 0.25) is 0 Å². The Labute approximate surface area is 149 Å². The number of halogens is 1. The Morgan fingerprint density at radius 2 is 2.15 bits per heavy atom. The van der Waals surface area contributed by atoms with Crippen LogP contribution in [0.25, 0.3) is 10.9 Å². The predicted molar refractivity (Wildman–Crippen MR) is 93.8 cm³/mol. The molecule has 1 atom stereocenters. The van der Waals surface area contributed by atoms with Gasteiger partial charge in [0.2, 0.25) is 0 Å². The smallest absolute Gasteiger partial charge is 0.270 e. The van der Waals surface area contributed by atoms with Crippen molar-refractivity contribution < 1.29 is 14.3 Å². The standard InChI is InChI=1S/C19H19FN4O2/c1-24-10-13(9-21-24)17(12-7-14(25)8-12)23-19(26)16-6-5-11-3-2-4-15(20)18(11)22-16/h2-6,9-10,12,14,17,25H,7-8H2,1H3,(H,23,26)/t12?,14?,17-/m1/s1. The summed E-state index contributed by atoms with van der Waals surface area (Å²) in [5.74, 6) is -0.691. The molecule has 1 saturated carbocycles. The van der Waals surface area contributed by atoms with Crippen LogP contribution in [-0.4, -0.2) is 31.9 Å². The molecule has 1 aliphatic carbocycles. The summed E-state index contributed by atoms with van der Waals surface area (Å²) in [6, 6.07) is 7.70. The van der Waals surface area contributed by atoms with Crippen molar-refractivity contribution in [2.75, 3.05) is 0 Å². The number of carbonyl (C=O) groups excluding carboxylic acids is 1. The van der Waals surface area contributed by atoms with Crippen LogP contribution in [0.5, 0.6) is 0 Å². The summed E-state index contributed by atoms with van der Waals surface area (Å²) in [5, 5.41) is 17.4. The van der Waals surface area contributed by atoms with Crippen molar-refractivity contribution in [1.82, 2.24) is 20.1 Å². The number of rotatable bonds is 4. The van der Waals surface area contributed by atoms with Crippen molar-refractivity contribution in [3.8, 4) is 0 Å². The maximum Gasteiger partial charge on any atom is 0.270 e. The van der Waals surface area contributed by atoms with Gasteiger partial charge in [-0.25, -0.2) is 9.37 Å². The maximum atomic E-state index is 14.0. The first-order chi connectivity index (χ1) is 12.5. The lowest BCUT2D eigenvalue weighted by Gasteiger charge is -2.37. The monoisotopic (exact) mass is 354 g/mol. The van der Waals surface area contributed by atoms with Crippen LogP contribution >= 0.6 is 0 Å². The fraction of sp³-hybridized carbons (Fsp3) is 0.316. The van der Waals surface area contributed by atoms with E-state index < -0.39 is 5.82 Å². The summed E-state index contributed by atoms with van der Waals surface area (Å²) in [6.45, 7) is 0. The minimum absolute atomic E-state index is 0.135. The molecule has 2 aromatic heterocycles. The maximum absolute atomic E-state index is 14.0. The molecule has 7 heteroatoms. The molecule has 0 aliphatic heterocycles. The van der Waals surface area contributed by atoms with Gasteiger partial charge >= 0.3 is 0 Å². The number of pyridine rings is 1. The fourth-order valence-corrected chi connectivity index (χ4v) is 3.43. The second-order valence-corrected chi connectivity index (χ2v) is 6.79. The van der Waals surface area contributed by atoms with Crippen LogP contribution in [0, 0.1) is 11.7 Å². The zero-order valence-corrected chi connectivity index (χ0v) is 14.3. The number of amides is 1. The molecule has 1 aromatic carbocycles. The van der Waals surface area contributed by atoms with E-state index in [9.17, 15) is 14.3 Å². The van der Waals surface area contributed by atoms with Crippen LogP contribution < -0.4 is 5.32 Å². The normalized spacial score (nSPS) is 20.6. The number of aryl methyl sites for hydroxylation is 1. The fourth-order valence-electron chi connectivity index (χ4n) is 3.43. The summed E-state index contributed by atoms with van der Waals surface area (Å²) in [7, 11) is 1.81. The van der Waals surface area contributed by atoms with Gasteiger partial charge in [0.1, 0.15) is 17.0 Å². The van der Waals surface area contributed by atoms with Gasteiger partial charge in [-0.1, -0.05) is 18.2 Å². The van der Waals surface area contributed by atoms with Crippen molar-refractivity contribution in [3.63, 3.8) is 0 Å². The third-order valence-electron chi connectivity index (χ3n) is 4.90. The molecule has 3 aromatic rings. The number of benzene rings is 1. The number of aliphatic hydroxyl groups is 1. The van der Waals surface area contributed by atoms with Gasteiger partial charge in [-0.15, -0.1) is 0 Å². The highest BCUT2D eigenvalue weighted by Gasteiger charge is 2.36. The van der Waals surface area contributed by atoms with Crippen molar-refractivity contribution in [2.24, 2.45) is 13.0 Å². The van der Waals surface area contributed by atoms with Gasteiger partial charge in [0.05, 0.1) is 18.3 Å². The van der Waals surface area contributed by atoms with Gasteiger partial charge in [-0.3, -0.25) is 9.48 Å². The van der Waals surface area contributed by atoms with E-state index in [0.717, 1.165) is 5.56 Å². The first-order valence-electron chi connectivity index (χ1n) is 8.54. The van der Waals surface area contributed by atoms with Crippen molar-refractivity contribution >= 4 is 16.8 Å². The Bertz CT molecular complexity index is 965. The Hall–Kier alpha value is -2.80. The quantitative estimate of drug-likeness (QED) is 0.754. The molecule has 1 amide bonds. The Morgan fingerprint density at radius 3 is 2.85 bits per heavy atom. The molecule has 2 heterocycles. The lowest BCUT2D eigenvalue weighted by molar-refractivity contribution is 0.0234. The van der Waals surface area contributed by atoms with Gasteiger partial charge in [0.25, 0.3) is 5.91 Å². The molecule has 2 N–H and O–H groups in total. The Morgan fingerprint density at radius 1 is 1.35 bits per heavy atom. The lowest BCUT2D eigenvalue weighted by Crippen LogP contribution is -2.41. The second-order valence-electron chi connectivity index (χ2n) is 6.79. The molecule has 0 saturated heterocycles. The number of hydrogen-bond acceptors (Lipinski definition) is 4. The highest BCUT2D eigenvalue weighted by molar-refractivity contribution is 5.95. The third-order valence-corrected chi connectivity index (χ3v) is 4.90. The van der Waals surface area contributed by atoms with E-state index in [-0.39, 0.29) is 35.2 Å². The molecule has 4 rings (SSSR count). The summed E-state index contributed by atoms with van der Waals surface area (Å²) in [5.41, 5.74) is 1.22. The Balaban J connectivity index is 1.61. The average Bonchev–Trinajstić information content (AvgIpc) is 3.03. The van der Waals surface area contributed by atoms with E-state index in [0.29, 0.717) is 18.2 Å². The van der Waals surface area contributed by atoms with E-state index in [1.807, 2.05) is 13.2 Å². The van der Waals surface area contributed by atoms with E-state index in [2.05, 4.69) is 15.4 Å². The van der Waals surface area contributed by atoms with E-state index >= 15 is 0 Å². The molecule has 6 nitrogen and oxygen atoms in total. The topological polar surface area (TPSA) is 80.0 Å². The number of para-hydroxylation sites is 1. The van der Waals surface area contributed by atoms with E-state index in [4.69, 9.17) is 0 Å². The molecular weight excluding hydrogens is 335 g/mol. The van der Waals surface area contributed by atoms with Crippen LogP contribution in [-0.2, 0) is 7.05 Å². The van der Waals surface area contributed by atoms with Gasteiger partial charge in [-0.2, -0.15) is 5.10 Å². The molecule has 1 aliphatic rings. The highest BCUT2D eigenvalue weighted by atomic mass is 19.1. The summed E-state index contributed by atoms with van der Waals surface area (Å²) in [6.07, 6.45) is 4.48. The number of nitrogens with zero attached hydrogens (tertiary/aromatic N) is 3. The number of aromatic nitrogens is 3. The minimum atomic E-state index is -0.455. The first-order valence-corrected chi connectivity index (χ1v) is 8.54. The van der Waals surface area contributed by atoms with Crippen molar-refractivity contribution in [2.45, 2.75) is 25.0 Å². The summed E-state index contributed by atoms with van der Waals surface area (Å²) >= 11 is 0. The number of aliphatic hydroxyl groups excluding tert-OH is 1. The highest BCUT2D eigenvalue weighted by Crippen LogP contribution is 2.38. The van der Waals surface area contributed by atoms with Crippen LogP contribution in [0.4, 0.5) is 4.39 Å². The number of hydrogen-bond donors (Lipinski definition) is 2. The molecule has 0 spiro atoms. The number of fused-ring (bicyclic) bond motifs is 1.